The van der Waals surface area contributed by atoms with E-state index in [1.54, 1.807) is 11.8 Å². The Morgan fingerprint density at radius 1 is 1.43 bits per heavy atom. The number of carbonyl (C=O) groups is 1. The quantitative estimate of drug-likeness (QED) is 0.797. The molecule has 4 atom stereocenters. The summed E-state index contributed by atoms with van der Waals surface area (Å²) in [6.45, 7) is 17.5. The lowest BCUT2D eigenvalue weighted by Gasteiger charge is -2.44. The van der Waals surface area contributed by atoms with Gasteiger partial charge in [0.15, 0.2) is 8.32 Å². The highest BCUT2D eigenvalue weighted by Crippen LogP contribution is 2.46. The van der Waals surface area contributed by atoms with Gasteiger partial charge in [-0.1, -0.05) is 41.5 Å². The summed E-state index contributed by atoms with van der Waals surface area (Å²) in [6.07, 6.45) is -0.953. The largest absolute Gasteiger partial charge is 0.414 e. The van der Waals surface area contributed by atoms with Gasteiger partial charge in [0.2, 0.25) is 5.91 Å². The van der Waals surface area contributed by atoms with Crippen LogP contribution in [0.3, 0.4) is 0 Å². The maximum absolute atomic E-state index is 12.5. The van der Waals surface area contributed by atoms with Gasteiger partial charge in [0, 0.05) is 0 Å². The normalized spacial score (nSPS) is 35.3. The Bertz CT molecular complexity index is 474. The van der Waals surface area contributed by atoms with E-state index < -0.39 is 25.9 Å². The molecule has 0 aromatic rings. The summed E-state index contributed by atoms with van der Waals surface area (Å²) < 4.78 is 12.3. The van der Waals surface area contributed by atoms with Crippen LogP contribution in [0.4, 0.5) is 0 Å². The lowest BCUT2D eigenvalue weighted by Crippen LogP contribution is -2.61. The SMILES string of the molecule is CC(C)[C@H]1OCN2C(=O)[C@@H](C)[C@@H](O)[C@]12CO[Si](C)(C)C(C)(C)C. The van der Waals surface area contributed by atoms with Crippen LogP contribution in [0.25, 0.3) is 0 Å². The Labute approximate surface area is 141 Å². The molecule has 5 nitrogen and oxygen atoms in total. The first-order valence-electron chi connectivity index (χ1n) is 8.61. The Kier molecular flexibility index (Phi) is 4.79. The highest BCUT2D eigenvalue weighted by atomic mass is 28.4. The molecule has 0 bridgehead atoms. The highest BCUT2D eigenvalue weighted by Gasteiger charge is 2.65. The predicted molar refractivity (Wildman–Crippen MR) is 92.5 cm³/mol. The Balaban J connectivity index is 2.34. The lowest BCUT2D eigenvalue weighted by atomic mass is 9.80. The van der Waals surface area contributed by atoms with Crippen LogP contribution in [0.2, 0.25) is 18.1 Å². The second-order valence-corrected chi connectivity index (χ2v) is 13.8. The Morgan fingerprint density at radius 3 is 2.48 bits per heavy atom. The molecule has 1 amide bonds. The summed E-state index contributed by atoms with van der Waals surface area (Å²) in [4.78, 5) is 14.3. The molecule has 1 N–H and O–H groups in total. The molecule has 2 aliphatic rings. The van der Waals surface area contributed by atoms with E-state index in [2.05, 4.69) is 47.7 Å². The number of hydrogen-bond acceptors (Lipinski definition) is 4. The van der Waals surface area contributed by atoms with Crippen LogP contribution in [0, 0.1) is 11.8 Å². The third kappa shape index (κ3) is 2.77. The van der Waals surface area contributed by atoms with E-state index in [1.807, 2.05) is 0 Å². The smallest absolute Gasteiger partial charge is 0.230 e. The highest BCUT2D eigenvalue weighted by molar-refractivity contribution is 6.74. The van der Waals surface area contributed by atoms with E-state index in [9.17, 15) is 9.90 Å². The zero-order chi connectivity index (χ0) is 17.8. The number of hydrogen-bond donors (Lipinski definition) is 1. The van der Waals surface area contributed by atoms with Crippen LogP contribution >= 0.6 is 0 Å². The molecule has 2 heterocycles. The minimum absolute atomic E-state index is 0.0283. The van der Waals surface area contributed by atoms with E-state index in [-0.39, 0.29) is 29.7 Å². The van der Waals surface area contributed by atoms with E-state index >= 15 is 0 Å². The Morgan fingerprint density at radius 2 is 2.00 bits per heavy atom. The van der Waals surface area contributed by atoms with Crippen molar-refractivity contribution in [1.82, 2.24) is 4.90 Å². The first kappa shape index (κ1) is 18.9. The zero-order valence-electron chi connectivity index (χ0n) is 15.8. The fourth-order valence-corrected chi connectivity index (χ4v) is 4.54. The topological polar surface area (TPSA) is 59.0 Å². The molecule has 0 spiro atoms. The molecule has 2 saturated heterocycles. The third-order valence-electron chi connectivity index (χ3n) is 6.10. The van der Waals surface area contributed by atoms with Crippen LogP contribution in [-0.4, -0.2) is 55.3 Å². The number of aliphatic hydroxyl groups excluding tert-OH is 1. The molecule has 0 aliphatic carbocycles. The summed E-state index contributed by atoms with van der Waals surface area (Å²) in [7, 11) is -1.98. The summed E-state index contributed by atoms with van der Waals surface area (Å²) >= 11 is 0. The van der Waals surface area contributed by atoms with Crippen molar-refractivity contribution in [3.8, 4) is 0 Å². The average molecular weight is 344 g/mol. The van der Waals surface area contributed by atoms with Crippen molar-refractivity contribution in [2.75, 3.05) is 13.3 Å². The number of fused-ring (bicyclic) bond motifs is 1. The Hall–Kier alpha value is -0.433. The first-order chi connectivity index (χ1) is 10.4. The monoisotopic (exact) mass is 343 g/mol. The predicted octanol–water partition coefficient (Wildman–Crippen LogP) is 2.60. The molecule has 23 heavy (non-hydrogen) atoms. The van der Waals surface area contributed by atoms with Gasteiger partial charge in [-0.3, -0.25) is 4.79 Å². The first-order valence-corrected chi connectivity index (χ1v) is 11.5. The molecule has 6 heteroatoms. The molecule has 0 radical (unpaired) electrons. The number of amides is 1. The molecule has 0 saturated carbocycles. The van der Waals surface area contributed by atoms with E-state index in [4.69, 9.17) is 9.16 Å². The van der Waals surface area contributed by atoms with Gasteiger partial charge in [0.25, 0.3) is 0 Å². The number of rotatable bonds is 4. The van der Waals surface area contributed by atoms with Gasteiger partial charge in [-0.2, -0.15) is 0 Å². The molecule has 0 aromatic heterocycles. The summed E-state index contributed by atoms with van der Waals surface area (Å²) in [5, 5.41) is 11.0. The molecule has 2 fully saturated rings. The van der Waals surface area contributed by atoms with Crippen LogP contribution in [0.15, 0.2) is 0 Å². The van der Waals surface area contributed by atoms with Gasteiger partial charge in [0.1, 0.15) is 12.3 Å². The van der Waals surface area contributed by atoms with Crippen LogP contribution in [0.5, 0.6) is 0 Å². The molecule has 2 aliphatic heterocycles. The number of aliphatic hydroxyl groups is 1. The summed E-state index contributed by atoms with van der Waals surface area (Å²) in [6, 6.07) is 0. The lowest BCUT2D eigenvalue weighted by molar-refractivity contribution is -0.133. The number of ether oxygens (including phenoxy) is 1. The minimum atomic E-state index is -1.98. The fourth-order valence-electron chi connectivity index (χ4n) is 3.51. The van der Waals surface area contributed by atoms with Gasteiger partial charge < -0.3 is 19.2 Å². The van der Waals surface area contributed by atoms with Crippen LogP contribution in [0.1, 0.15) is 41.5 Å². The van der Waals surface area contributed by atoms with E-state index in [0.29, 0.717) is 6.61 Å². The maximum Gasteiger partial charge on any atom is 0.230 e. The molecular formula is C17H33NO4Si. The van der Waals surface area contributed by atoms with E-state index in [0.717, 1.165) is 0 Å². The van der Waals surface area contributed by atoms with Crippen molar-refractivity contribution < 1.29 is 19.1 Å². The van der Waals surface area contributed by atoms with E-state index in [1.165, 1.54) is 0 Å². The molecular weight excluding hydrogens is 310 g/mol. The van der Waals surface area contributed by atoms with Gasteiger partial charge in [-0.15, -0.1) is 0 Å². The van der Waals surface area contributed by atoms with Crippen LogP contribution in [-0.2, 0) is 14.0 Å². The van der Waals surface area contributed by atoms with Crippen molar-refractivity contribution in [3.05, 3.63) is 0 Å². The second-order valence-electron chi connectivity index (χ2n) is 9.00. The van der Waals surface area contributed by atoms with Crippen molar-refractivity contribution in [3.63, 3.8) is 0 Å². The van der Waals surface area contributed by atoms with Crippen LogP contribution < -0.4 is 0 Å². The zero-order valence-corrected chi connectivity index (χ0v) is 16.8. The van der Waals surface area contributed by atoms with Gasteiger partial charge in [-0.25, -0.2) is 0 Å². The molecule has 0 unspecified atom stereocenters. The van der Waals surface area contributed by atoms with Crippen molar-refractivity contribution in [2.45, 2.75) is 77.4 Å². The average Bonchev–Trinajstić information content (AvgIpc) is 2.88. The third-order valence-corrected chi connectivity index (χ3v) is 10.6. The number of nitrogens with zero attached hydrogens (tertiary/aromatic N) is 1. The number of carbonyl (C=O) groups excluding carboxylic acids is 1. The van der Waals surface area contributed by atoms with Gasteiger partial charge >= 0.3 is 0 Å². The summed E-state index contributed by atoms with van der Waals surface area (Å²) in [5.41, 5.74) is -0.750. The molecule has 134 valence electrons. The molecule has 0 aromatic carbocycles. The maximum atomic E-state index is 12.5. The second kappa shape index (κ2) is 5.83. The van der Waals surface area contributed by atoms with Crippen molar-refractivity contribution in [2.24, 2.45) is 11.8 Å². The standard InChI is InChI=1S/C17H33NO4Si/c1-11(2)14-17(9-22-23(7,8)16(4,5)6)13(19)12(3)15(20)18(17)10-21-14/h11-14,19H,9-10H2,1-8H3/t12-,13+,14+,17+/m0/s1. The van der Waals surface area contributed by atoms with Gasteiger partial charge in [-0.05, 0) is 24.1 Å². The summed E-state index contributed by atoms with van der Waals surface area (Å²) in [5.74, 6) is -0.224. The fraction of sp³-hybridized carbons (Fsp3) is 0.941. The van der Waals surface area contributed by atoms with Crippen molar-refractivity contribution >= 4 is 14.2 Å². The van der Waals surface area contributed by atoms with Crippen molar-refractivity contribution in [1.29, 1.82) is 0 Å². The molecule has 2 rings (SSSR count). The van der Waals surface area contributed by atoms with Gasteiger partial charge in [0.05, 0.1) is 24.7 Å². The minimum Gasteiger partial charge on any atom is -0.414 e.